The zero-order chi connectivity index (χ0) is 14.5. The Balaban J connectivity index is 1.90. The first-order chi connectivity index (χ1) is 9.54. The van der Waals surface area contributed by atoms with E-state index in [0.717, 1.165) is 27.0 Å². The fraction of sp³-hybridized carbons (Fsp3) is 0.250. The van der Waals surface area contributed by atoms with Crippen LogP contribution < -0.4 is 5.32 Å². The van der Waals surface area contributed by atoms with Crippen LogP contribution in [0, 0.1) is 5.82 Å². The monoisotopic (exact) mass is 355 g/mol. The molecule has 20 heavy (non-hydrogen) atoms. The summed E-state index contributed by atoms with van der Waals surface area (Å²) in [7, 11) is 0. The molecule has 0 spiro atoms. The average molecular weight is 357 g/mol. The van der Waals surface area contributed by atoms with Crippen molar-refractivity contribution in [2.24, 2.45) is 0 Å². The Hall–Kier alpha value is -0.900. The zero-order valence-corrected chi connectivity index (χ0v) is 13.5. The molecule has 1 atom stereocenters. The first-order valence-corrected chi connectivity index (χ1v) is 7.63. The van der Waals surface area contributed by atoms with Gasteiger partial charge in [0, 0.05) is 22.1 Å². The number of nitrogens with one attached hydrogen (secondary N) is 1. The lowest BCUT2D eigenvalue weighted by Gasteiger charge is -2.15. The van der Waals surface area contributed by atoms with Crippen LogP contribution in [0.3, 0.4) is 0 Å². The van der Waals surface area contributed by atoms with Crippen LogP contribution in [0.15, 0.2) is 46.9 Å². The SMILES string of the molecule is CC(Cc1ccc(F)cc1)NCc1cc(Br)ccc1Cl. The molecule has 0 saturated carbocycles. The molecule has 1 nitrogen and oxygen atoms in total. The maximum atomic E-state index is 12.8. The summed E-state index contributed by atoms with van der Waals surface area (Å²) in [5.41, 5.74) is 2.18. The minimum absolute atomic E-state index is 0.199. The van der Waals surface area contributed by atoms with Crippen molar-refractivity contribution in [2.45, 2.75) is 25.9 Å². The molecule has 0 aliphatic carbocycles. The summed E-state index contributed by atoms with van der Waals surface area (Å²) in [6, 6.07) is 12.7. The second kappa shape index (κ2) is 7.21. The number of benzene rings is 2. The molecule has 1 N–H and O–H groups in total. The summed E-state index contributed by atoms with van der Waals surface area (Å²) in [5.74, 6) is -0.199. The van der Waals surface area contributed by atoms with Gasteiger partial charge in [0.25, 0.3) is 0 Å². The first kappa shape index (κ1) is 15.5. The summed E-state index contributed by atoms with van der Waals surface area (Å²) in [6.07, 6.45) is 0.853. The fourth-order valence-corrected chi connectivity index (χ4v) is 2.60. The molecule has 0 amide bonds. The van der Waals surface area contributed by atoms with Crippen LogP contribution in [-0.4, -0.2) is 6.04 Å². The molecule has 0 fully saturated rings. The maximum Gasteiger partial charge on any atom is 0.123 e. The van der Waals surface area contributed by atoms with E-state index in [9.17, 15) is 4.39 Å². The fourth-order valence-electron chi connectivity index (χ4n) is 2.01. The lowest BCUT2D eigenvalue weighted by Crippen LogP contribution is -2.27. The van der Waals surface area contributed by atoms with Crippen molar-refractivity contribution in [3.8, 4) is 0 Å². The molecule has 1 unspecified atom stereocenters. The van der Waals surface area contributed by atoms with Crippen molar-refractivity contribution in [3.05, 3.63) is 68.9 Å². The minimum atomic E-state index is -0.199. The Labute approximate surface area is 132 Å². The molecular weight excluding hydrogens is 341 g/mol. The Bertz CT molecular complexity index is 571. The van der Waals surface area contributed by atoms with Crippen LogP contribution in [0.5, 0.6) is 0 Å². The molecule has 0 heterocycles. The van der Waals surface area contributed by atoms with Crippen molar-refractivity contribution in [1.29, 1.82) is 0 Å². The molecule has 0 radical (unpaired) electrons. The van der Waals surface area contributed by atoms with Gasteiger partial charge < -0.3 is 5.32 Å². The van der Waals surface area contributed by atoms with Gasteiger partial charge in [-0.15, -0.1) is 0 Å². The predicted molar refractivity (Wildman–Crippen MR) is 85.6 cm³/mol. The van der Waals surface area contributed by atoms with Crippen LogP contribution >= 0.6 is 27.5 Å². The lowest BCUT2D eigenvalue weighted by molar-refractivity contribution is 0.544. The maximum absolute atomic E-state index is 12.8. The van der Waals surface area contributed by atoms with Gasteiger partial charge in [0.15, 0.2) is 0 Å². The van der Waals surface area contributed by atoms with E-state index in [2.05, 4.69) is 28.2 Å². The third-order valence-corrected chi connectivity index (χ3v) is 3.97. The first-order valence-electron chi connectivity index (χ1n) is 6.46. The van der Waals surface area contributed by atoms with E-state index < -0.39 is 0 Å². The second-order valence-electron chi connectivity index (χ2n) is 4.85. The minimum Gasteiger partial charge on any atom is -0.310 e. The van der Waals surface area contributed by atoms with Crippen molar-refractivity contribution in [2.75, 3.05) is 0 Å². The number of hydrogen-bond acceptors (Lipinski definition) is 1. The standard InChI is InChI=1S/C16H16BrClFN/c1-11(8-12-2-5-15(19)6-3-12)20-10-13-9-14(17)4-7-16(13)18/h2-7,9,11,20H,8,10H2,1H3. The van der Waals surface area contributed by atoms with Crippen LogP contribution in [0.1, 0.15) is 18.1 Å². The highest BCUT2D eigenvalue weighted by molar-refractivity contribution is 9.10. The molecule has 2 rings (SSSR count). The Kier molecular flexibility index (Phi) is 5.58. The molecule has 0 saturated heterocycles. The Morgan fingerprint density at radius 1 is 1.20 bits per heavy atom. The summed E-state index contributed by atoms with van der Waals surface area (Å²) < 4.78 is 13.9. The lowest BCUT2D eigenvalue weighted by atomic mass is 10.1. The smallest absolute Gasteiger partial charge is 0.123 e. The highest BCUT2D eigenvalue weighted by Crippen LogP contribution is 2.21. The van der Waals surface area contributed by atoms with E-state index in [1.807, 2.05) is 30.3 Å². The van der Waals surface area contributed by atoms with Crippen molar-refractivity contribution >= 4 is 27.5 Å². The van der Waals surface area contributed by atoms with E-state index in [1.165, 1.54) is 12.1 Å². The molecule has 0 aromatic heterocycles. The van der Waals surface area contributed by atoms with Crippen molar-refractivity contribution in [1.82, 2.24) is 5.32 Å². The van der Waals surface area contributed by atoms with Gasteiger partial charge in [-0.2, -0.15) is 0 Å². The third-order valence-electron chi connectivity index (χ3n) is 3.10. The summed E-state index contributed by atoms with van der Waals surface area (Å²) in [5, 5.41) is 4.19. The Morgan fingerprint density at radius 2 is 1.90 bits per heavy atom. The molecule has 0 aliphatic rings. The highest BCUT2D eigenvalue weighted by atomic mass is 79.9. The van der Waals surface area contributed by atoms with Crippen molar-refractivity contribution in [3.63, 3.8) is 0 Å². The molecule has 2 aromatic carbocycles. The summed E-state index contributed by atoms with van der Waals surface area (Å²) in [4.78, 5) is 0. The quantitative estimate of drug-likeness (QED) is 0.798. The zero-order valence-electron chi connectivity index (χ0n) is 11.2. The largest absolute Gasteiger partial charge is 0.310 e. The molecule has 2 aromatic rings. The van der Waals surface area contributed by atoms with Crippen LogP contribution in [0.25, 0.3) is 0 Å². The number of rotatable bonds is 5. The van der Waals surface area contributed by atoms with Gasteiger partial charge >= 0.3 is 0 Å². The van der Waals surface area contributed by atoms with E-state index >= 15 is 0 Å². The molecule has 4 heteroatoms. The number of hydrogen-bond donors (Lipinski definition) is 1. The van der Waals surface area contributed by atoms with Gasteiger partial charge in [-0.05, 0) is 54.8 Å². The number of halogens is 3. The van der Waals surface area contributed by atoms with Gasteiger partial charge in [0.05, 0.1) is 0 Å². The topological polar surface area (TPSA) is 12.0 Å². The van der Waals surface area contributed by atoms with E-state index in [1.54, 1.807) is 0 Å². The summed E-state index contributed by atoms with van der Waals surface area (Å²) >= 11 is 9.60. The van der Waals surface area contributed by atoms with Gasteiger partial charge in [-0.3, -0.25) is 0 Å². The Morgan fingerprint density at radius 3 is 2.60 bits per heavy atom. The van der Waals surface area contributed by atoms with Crippen LogP contribution in [0.2, 0.25) is 5.02 Å². The van der Waals surface area contributed by atoms with Crippen LogP contribution in [0.4, 0.5) is 4.39 Å². The molecule has 0 aliphatic heterocycles. The van der Waals surface area contributed by atoms with Gasteiger partial charge in [0.2, 0.25) is 0 Å². The normalized spacial score (nSPS) is 12.4. The van der Waals surface area contributed by atoms with Gasteiger partial charge in [-0.25, -0.2) is 4.39 Å². The van der Waals surface area contributed by atoms with Gasteiger partial charge in [0.1, 0.15) is 5.82 Å². The van der Waals surface area contributed by atoms with Crippen molar-refractivity contribution < 1.29 is 4.39 Å². The van der Waals surface area contributed by atoms with E-state index in [4.69, 9.17) is 11.6 Å². The molecule has 0 bridgehead atoms. The summed E-state index contributed by atoms with van der Waals surface area (Å²) in [6.45, 7) is 2.82. The highest BCUT2D eigenvalue weighted by Gasteiger charge is 2.06. The van der Waals surface area contributed by atoms with E-state index in [0.29, 0.717) is 6.54 Å². The third kappa shape index (κ3) is 4.58. The molecule has 106 valence electrons. The average Bonchev–Trinajstić information content (AvgIpc) is 2.42. The van der Waals surface area contributed by atoms with E-state index in [-0.39, 0.29) is 11.9 Å². The van der Waals surface area contributed by atoms with Crippen LogP contribution in [-0.2, 0) is 13.0 Å². The molecular formula is C16H16BrClFN. The van der Waals surface area contributed by atoms with Gasteiger partial charge in [-0.1, -0.05) is 39.7 Å². The predicted octanol–water partition coefficient (Wildman–Crippen LogP) is 4.96. The second-order valence-corrected chi connectivity index (χ2v) is 6.17.